The van der Waals surface area contributed by atoms with Gasteiger partial charge in [0, 0.05) is 12.4 Å². The quantitative estimate of drug-likeness (QED) is 0.863. The van der Waals surface area contributed by atoms with Gasteiger partial charge < -0.3 is 5.32 Å². The highest BCUT2D eigenvalue weighted by atomic mass is 32.2. The maximum atomic E-state index is 12.0. The van der Waals surface area contributed by atoms with Crippen LogP contribution in [0.1, 0.15) is 16.7 Å². The monoisotopic (exact) mass is 309 g/mol. The predicted octanol–water partition coefficient (Wildman–Crippen LogP) is 3.59. The van der Waals surface area contributed by atoms with Crippen molar-refractivity contribution in [3.63, 3.8) is 0 Å². The fraction of sp³-hybridized carbons (Fsp3) is 0.118. The van der Waals surface area contributed by atoms with Gasteiger partial charge in [-0.15, -0.1) is 0 Å². The molecule has 1 aliphatic rings. The van der Waals surface area contributed by atoms with E-state index in [2.05, 4.69) is 15.3 Å². The van der Waals surface area contributed by atoms with E-state index in [-0.39, 0.29) is 5.91 Å². The molecule has 3 rings (SSSR count). The fourth-order valence-electron chi connectivity index (χ4n) is 2.04. The van der Waals surface area contributed by atoms with Gasteiger partial charge >= 0.3 is 0 Å². The molecule has 110 valence electrons. The SMILES string of the molecule is Cc1ccc(C)c(N=C2NC(=O)/C(=C\c3ccncc3)S2)c1. The molecule has 1 aliphatic heterocycles. The van der Waals surface area contributed by atoms with Crippen molar-refractivity contribution in [1.82, 2.24) is 10.3 Å². The summed E-state index contributed by atoms with van der Waals surface area (Å²) in [5.74, 6) is -0.120. The zero-order valence-electron chi connectivity index (χ0n) is 12.3. The van der Waals surface area contributed by atoms with Crippen LogP contribution < -0.4 is 5.32 Å². The lowest BCUT2D eigenvalue weighted by Gasteiger charge is -2.02. The van der Waals surface area contributed by atoms with Gasteiger partial charge in [0.2, 0.25) is 0 Å². The number of amidine groups is 1. The molecule has 0 atom stereocenters. The minimum absolute atomic E-state index is 0.120. The van der Waals surface area contributed by atoms with E-state index in [1.807, 2.05) is 50.3 Å². The molecule has 4 nitrogen and oxygen atoms in total. The molecule has 2 heterocycles. The summed E-state index contributed by atoms with van der Waals surface area (Å²) in [6.07, 6.45) is 5.25. The van der Waals surface area contributed by atoms with Crippen molar-refractivity contribution in [2.24, 2.45) is 4.99 Å². The number of carbonyl (C=O) groups excluding carboxylic acids is 1. The largest absolute Gasteiger partial charge is 0.300 e. The van der Waals surface area contributed by atoms with E-state index in [1.165, 1.54) is 11.8 Å². The first-order valence-corrected chi connectivity index (χ1v) is 7.70. The smallest absolute Gasteiger partial charge is 0.264 e. The summed E-state index contributed by atoms with van der Waals surface area (Å²) in [4.78, 5) is 21.2. The highest BCUT2D eigenvalue weighted by Crippen LogP contribution is 2.29. The number of aliphatic imine (C=N–C) groups is 1. The lowest BCUT2D eigenvalue weighted by Crippen LogP contribution is -2.19. The number of aryl methyl sites for hydroxylation is 2. The minimum Gasteiger partial charge on any atom is -0.300 e. The molecule has 22 heavy (non-hydrogen) atoms. The van der Waals surface area contributed by atoms with Crippen LogP contribution in [0, 0.1) is 13.8 Å². The number of rotatable bonds is 2. The van der Waals surface area contributed by atoms with E-state index in [1.54, 1.807) is 12.4 Å². The Bertz CT molecular complexity index is 782. The van der Waals surface area contributed by atoms with E-state index in [0.717, 1.165) is 22.4 Å². The van der Waals surface area contributed by atoms with Crippen molar-refractivity contribution >= 4 is 34.6 Å². The zero-order valence-corrected chi connectivity index (χ0v) is 13.1. The molecule has 0 saturated carbocycles. The molecule has 1 N–H and O–H groups in total. The number of carbonyl (C=O) groups is 1. The number of amides is 1. The second-order valence-corrected chi connectivity index (χ2v) is 6.08. The lowest BCUT2D eigenvalue weighted by atomic mass is 10.1. The molecule has 1 saturated heterocycles. The molecule has 0 aliphatic carbocycles. The normalized spacial score (nSPS) is 18.0. The number of benzene rings is 1. The number of pyridine rings is 1. The van der Waals surface area contributed by atoms with Crippen LogP contribution in [-0.2, 0) is 4.79 Å². The molecule has 5 heteroatoms. The second kappa shape index (κ2) is 6.15. The van der Waals surface area contributed by atoms with Gasteiger partial charge in [0.25, 0.3) is 5.91 Å². The topological polar surface area (TPSA) is 54.4 Å². The molecular weight excluding hydrogens is 294 g/mol. The Balaban J connectivity index is 1.87. The van der Waals surface area contributed by atoms with Gasteiger partial charge in [-0.3, -0.25) is 9.78 Å². The summed E-state index contributed by atoms with van der Waals surface area (Å²) in [6.45, 7) is 4.03. The molecule has 1 aromatic carbocycles. The summed E-state index contributed by atoms with van der Waals surface area (Å²) >= 11 is 1.35. The molecule has 2 aromatic rings. The third kappa shape index (κ3) is 3.26. The van der Waals surface area contributed by atoms with Crippen LogP contribution in [0.25, 0.3) is 6.08 Å². The van der Waals surface area contributed by atoms with Gasteiger partial charge in [0.15, 0.2) is 5.17 Å². The Hall–Kier alpha value is -2.40. The second-order valence-electron chi connectivity index (χ2n) is 5.05. The highest BCUT2D eigenvalue weighted by Gasteiger charge is 2.23. The van der Waals surface area contributed by atoms with Gasteiger partial charge in [-0.1, -0.05) is 12.1 Å². The van der Waals surface area contributed by atoms with Gasteiger partial charge in [-0.25, -0.2) is 4.99 Å². The number of aromatic nitrogens is 1. The summed E-state index contributed by atoms with van der Waals surface area (Å²) in [6, 6.07) is 9.82. The molecule has 1 amide bonds. The molecule has 1 fully saturated rings. The number of nitrogens with one attached hydrogen (secondary N) is 1. The van der Waals surface area contributed by atoms with Gasteiger partial charge in [-0.05, 0) is 66.6 Å². The fourth-order valence-corrected chi connectivity index (χ4v) is 2.88. The molecule has 0 spiro atoms. The maximum Gasteiger partial charge on any atom is 0.264 e. The van der Waals surface area contributed by atoms with Gasteiger partial charge in [-0.2, -0.15) is 0 Å². The van der Waals surface area contributed by atoms with Crippen LogP contribution in [0.4, 0.5) is 5.69 Å². The van der Waals surface area contributed by atoms with Crippen LogP contribution in [0.15, 0.2) is 52.6 Å². The summed E-state index contributed by atoms with van der Waals surface area (Å²) in [7, 11) is 0. The van der Waals surface area contributed by atoms with Crippen LogP contribution in [-0.4, -0.2) is 16.1 Å². The molecule has 0 bridgehead atoms. The van der Waals surface area contributed by atoms with E-state index in [4.69, 9.17) is 0 Å². The van der Waals surface area contributed by atoms with Crippen LogP contribution in [0.5, 0.6) is 0 Å². The average Bonchev–Trinajstić information content (AvgIpc) is 2.84. The van der Waals surface area contributed by atoms with Gasteiger partial charge in [0.1, 0.15) is 0 Å². The maximum absolute atomic E-state index is 12.0. The molecule has 0 radical (unpaired) electrons. The molecule has 0 unspecified atom stereocenters. The van der Waals surface area contributed by atoms with Crippen molar-refractivity contribution in [1.29, 1.82) is 0 Å². The van der Waals surface area contributed by atoms with Crippen molar-refractivity contribution in [2.75, 3.05) is 0 Å². The number of nitrogens with zero attached hydrogens (tertiary/aromatic N) is 2. The van der Waals surface area contributed by atoms with Crippen LogP contribution >= 0.6 is 11.8 Å². The van der Waals surface area contributed by atoms with Gasteiger partial charge in [0.05, 0.1) is 10.6 Å². The summed E-state index contributed by atoms with van der Waals surface area (Å²) < 4.78 is 0. The Labute approximate surface area is 133 Å². The van der Waals surface area contributed by atoms with Crippen LogP contribution in [0.2, 0.25) is 0 Å². The Morgan fingerprint density at radius 3 is 2.73 bits per heavy atom. The van der Waals surface area contributed by atoms with E-state index in [9.17, 15) is 4.79 Å². The molecular formula is C17H15N3OS. The zero-order chi connectivity index (χ0) is 15.5. The Morgan fingerprint density at radius 1 is 1.18 bits per heavy atom. The van der Waals surface area contributed by atoms with E-state index in [0.29, 0.717) is 10.1 Å². The van der Waals surface area contributed by atoms with Crippen molar-refractivity contribution in [3.8, 4) is 0 Å². The predicted molar refractivity (Wildman–Crippen MR) is 91.0 cm³/mol. The van der Waals surface area contributed by atoms with E-state index < -0.39 is 0 Å². The summed E-state index contributed by atoms with van der Waals surface area (Å²) in [5, 5.41) is 3.42. The highest BCUT2D eigenvalue weighted by molar-refractivity contribution is 8.18. The first kappa shape index (κ1) is 14.5. The van der Waals surface area contributed by atoms with Crippen molar-refractivity contribution in [2.45, 2.75) is 13.8 Å². The third-order valence-electron chi connectivity index (χ3n) is 3.24. The molecule has 1 aromatic heterocycles. The standard InChI is InChI=1S/C17H15N3OS/c1-11-3-4-12(2)14(9-11)19-17-20-16(21)15(22-17)10-13-5-7-18-8-6-13/h3-10H,1-2H3,(H,19,20,21)/b15-10+. The Morgan fingerprint density at radius 2 is 1.95 bits per heavy atom. The number of thioether (sulfide) groups is 1. The first-order valence-electron chi connectivity index (χ1n) is 6.89. The van der Waals surface area contributed by atoms with Crippen LogP contribution in [0.3, 0.4) is 0 Å². The Kier molecular flexibility index (Phi) is 4.06. The first-order chi connectivity index (χ1) is 10.6. The van der Waals surface area contributed by atoms with Crippen molar-refractivity contribution < 1.29 is 4.79 Å². The van der Waals surface area contributed by atoms with Crippen molar-refractivity contribution in [3.05, 3.63) is 64.3 Å². The third-order valence-corrected chi connectivity index (χ3v) is 4.15. The summed E-state index contributed by atoms with van der Waals surface area (Å²) in [5.41, 5.74) is 4.06. The van der Waals surface area contributed by atoms with E-state index >= 15 is 0 Å². The average molecular weight is 309 g/mol. The minimum atomic E-state index is -0.120. The lowest BCUT2D eigenvalue weighted by molar-refractivity contribution is -0.115. The number of hydrogen-bond donors (Lipinski definition) is 1. The number of hydrogen-bond acceptors (Lipinski definition) is 4.